The van der Waals surface area contributed by atoms with Crippen LogP contribution in [0.1, 0.15) is 43.6 Å². The van der Waals surface area contributed by atoms with Crippen molar-refractivity contribution in [1.29, 1.82) is 0 Å². The second kappa shape index (κ2) is 13.1. The van der Waals surface area contributed by atoms with Crippen LogP contribution in [0.5, 0.6) is 0 Å². The van der Waals surface area contributed by atoms with Crippen LogP contribution < -0.4 is 10.6 Å². The normalized spacial score (nSPS) is 11.4. The molecule has 1 atom stereocenters. The predicted molar refractivity (Wildman–Crippen MR) is 130 cm³/mol. The maximum Gasteiger partial charge on any atom is 0.329 e. The fourth-order valence-corrected chi connectivity index (χ4v) is 3.32. The quantitative estimate of drug-likeness (QED) is 0.494. The number of nitrogens with zero attached hydrogens (tertiary/aromatic N) is 1. The summed E-state index contributed by atoms with van der Waals surface area (Å²) in [5, 5.41) is 5.33. The van der Waals surface area contributed by atoms with Gasteiger partial charge in [0.15, 0.2) is 6.61 Å². The molecule has 34 heavy (non-hydrogen) atoms. The molecule has 0 heterocycles. The fourth-order valence-electron chi connectivity index (χ4n) is 3.32. The fraction of sp³-hybridized carbons (Fsp3) is 0.385. The number of anilines is 1. The van der Waals surface area contributed by atoms with Gasteiger partial charge in [0, 0.05) is 24.3 Å². The third-order valence-corrected chi connectivity index (χ3v) is 5.26. The number of hydrogen-bond acceptors (Lipinski definition) is 5. The summed E-state index contributed by atoms with van der Waals surface area (Å²) in [6.07, 6.45) is 0.143. The minimum atomic E-state index is -0.866. The summed E-state index contributed by atoms with van der Waals surface area (Å²) in [7, 11) is 0. The standard InChI is InChI=1S/C26H33N3O5/c1-5-29(6-2)25(32)20-12-14-21(15-13-20)27-23(31)17-34-26(33)24(18(3)4)28-22(30)16-19-10-8-7-9-11-19/h7-15,18,24H,5-6,16-17H2,1-4H3,(H,27,31)(H,28,30)/t24-/m0/s1. The van der Waals surface area contributed by atoms with E-state index < -0.39 is 24.5 Å². The molecule has 0 aromatic heterocycles. The lowest BCUT2D eigenvalue weighted by atomic mass is 10.0. The van der Waals surface area contributed by atoms with Gasteiger partial charge in [0.2, 0.25) is 5.91 Å². The number of hydrogen-bond donors (Lipinski definition) is 2. The Labute approximate surface area is 200 Å². The summed E-state index contributed by atoms with van der Waals surface area (Å²) in [6.45, 7) is 8.14. The van der Waals surface area contributed by atoms with E-state index >= 15 is 0 Å². The average molecular weight is 468 g/mol. The first kappa shape index (κ1) is 26.6. The van der Waals surface area contributed by atoms with Crippen molar-refractivity contribution in [1.82, 2.24) is 10.2 Å². The third-order valence-electron chi connectivity index (χ3n) is 5.26. The maximum atomic E-state index is 12.5. The van der Waals surface area contributed by atoms with Gasteiger partial charge in [-0.1, -0.05) is 44.2 Å². The van der Waals surface area contributed by atoms with Gasteiger partial charge in [-0.3, -0.25) is 14.4 Å². The van der Waals surface area contributed by atoms with Crippen molar-refractivity contribution >= 4 is 29.4 Å². The highest BCUT2D eigenvalue weighted by molar-refractivity contribution is 5.96. The summed E-state index contributed by atoms with van der Waals surface area (Å²) < 4.78 is 5.15. The van der Waals surface area contributed by atoms with E-state index in [4.69, 9.17) is 4.74 Å². The minimum Gasteiger partial charge on any atom is -0.454 e. The van der Waals surface area contributed by atoms with Crippen LogP contribution in [-0.4, -0.2) is 54.3 Å². The number of nitrogens with one attached hydrogen (secondary N) is 2. The topological polar surface area (TPSA) is 105 Å². The van der Waals surface area contributed by atoms with Gasteiger partial charge in [-0.05, 0) is 49.6 Å². The molecular weight excluding hydrogens is 434 g/mol. The second-order valence-corrected chi connectivity index (χ2v) is 8.16. The van der Waals surface area contributed by atoms with Crippen molar-refractivity contribution in [2.75, 3.05) is 25.0 Å². The highest BCUT2D eigenvalue weighted by Gasteiger charge is 2.26. The van der Waals surface area contributed by atoms with Crippen LogP contribution in [-0.2, 0) is 25.5 Å². The third kappa shape index (κ3) is 8.03. The van der Waals surface area contributed by atoms with Gasteiger partial charge in [0.05, 0.1) is 6.42 Å². The molecule has 2 N–H and O–H groups in total. The monoisotopic (exact) mass is 467 g/mol. The largest absolute Gasteiger partial charge is 0.454 e. The molecule has 2 rings (SSSR count). The molecule has 8 heteroatoms. The lowest BCUT2D eigenvalue weighted by molar-refractivity contribution is -0.151. The van der Waals surface area contributed by atoms with E-state index in [1.807, 2.05) is 44.2 Å². The molecule has 0 unspecified atom stereocenters. The second-order valence-electron chi connectivity index (χ2n) is 8.16. The highest BCUT2D eigenvalue weighted by Crippen LogP contribution is 2.12. The lowest BCUT2D eigenvalue weighted by Gasteiger charge is -2.21. The van der Waals surface area contributed by atoms with Crippen molar-refractivity contribution in [3.63, 3.8) is 0 Å². The summed E-state index contributed by atoms with van der Waals surface area (Å²) in [4.78, 5) is 51.2. The van der Waals surface area contributed by atoms with E-state index in [9.17, 15) is 19.2 Å². The number of rotatable bonds is 11. The number of ether oxygens (including phenoxy) is 1. The van der Waals surface area contributed by atoms with Crippen molar-refractivity contribution < 1.29 is 23.9 Å². The molecule has 0 spiro atoms. The Morgan fingerprint density at radius 2 is 1.50 bits per heavy atom. The molecule has 0 saturated carbocycles. The zero-order valence-electron chi connectivity index (χ0n) is 20.2. The molecule has 0 aliphatic heterocycles. The van der Waals surface area contributed by atoms with Gasteiger partial charge in [-0.15, -0.1) is 0 Å². The van der Waals surface area contributed by atoms with Crippen LogP contribution in [0.2, 0.25) is 0 Å². The Kier molecular flexibility index (Phi) is 10.3. The Morgan fingerprint density at radius 3 is 2.06 bits per heavy atom. The number of carbonyl (C=O) groups excluding carboxylic acids is 4. The first-order valence-corrected chi connectivity index (χ1v) is 11.4. The van der Waals surface area contributed by atoms with Gasteiger partial charge in [0.1, 0.15) is 6.04 Å². The van der Waals surface area contributed by atoms with Crippen molar-refractivity contribution in [2.24, 2.45) is 5.92 Å². The van der Waals surface area contributed by atoms with Crippen molar-refractivity contribution in [3.8, 4) is 0 Å². The Balaban J connectivity index is 1.86. The molecule has 8 nitrogen and oxygen atoms in total. The van der Waals surface area contributed by atoms with Gasteiger partial charge in [-0.25, -0.2) is 4.79 Å². The molecule has 2 aromatic carbocycles. The van der Waals surface area contributed by atoms with Crippen LogP contribution in [0.15, 0.2) is 54.6 Å². The van der Waals surface area contributed by atoms with Crippen LogP contribution in [0.3, 0.4) is 0 Å². The van der Waals surface area contributed by atoms with Crippen LogP contribution in [0.4, 0.5) is 5.69 Å². The first-order chi connectivity index (χ1) is 16.2. The van der Waals surface area contributed by atoms with Gasteiger partial charge >= 0.3 is 5.97 Å². The predicted octanol–water partition coefficient (Wildman–Crippen LogP) is 3.03. The van der Waals surface area contributed by atoms with Gasteiger partial charge < -0.3 is 20.3 Å². The van der Waals surface area contributed by atoms with Crippen molar-refractivity contribution in [2.45, 2.75) is 40.2 Å². The molecule has 0 aliphatic carbocycles. The SMILES string of the molecule is CCN(CC)C(=O)c1ccc(NC(=O)COC(=O)[C@@H](NC(=O)Cc2ccccc2)C(C)C)cc1. The average Bonchev–Trinajstić information content (AvgIpc) is 2.82. The van der Waals surface area contributed by atoms with E-state index in [1.165, 1.54) is 0 Å². The minimum absolute atomic E-state index is 0.0779. The molecule has 0 bridgehead atoms. The zero-order valence-corrected chi connectivity index (χ0v) is 20.2. The van der Waals surface area contributed by atoms with E-state index in [0.717, 1.165) is 5.56 Å². The first-order valence-electron chi connectivity index (χ1n) is 11.4. The Bertz CT molecular complexity index is 970. The molecule has 0 aliphatic rings. The Morgan fingerprint density at radius 1 is 0.882 bits per heavy atom. The molecule has 0 fully saturated rings. The van der Waals surface area contributed by atoms with Crippen LogP contribution in [0, 0.1) is 5.92 Å². The van der Waals surface area contributed by atoms with Crippen molar-refractivity contribution in [3.05, 3.63) is 65.7 Å². The van der Waals surface area contributed by atoms with E-state index in [0.29, 0.717) is 24.3 Å². The number of carbonyl (C=O) groups is 4. The molecule has 0 radical (unpaired) electrons. The zero-order chi connectivity index (χ0) is 25.1. The van der Waals surface area contributed by atoms with Gasteiger partial charge in [-0.2, -0.15) is 0 Å². The van der Waals surface area contributed by atoms with E-state index in [1.54, 1.807) is 43.0 Å². The molecular formula is C26H33N3O5. The van der Waals surface area contributed by atoms with Crippen LogP contribution >= 0.6 is 0 Å². The summed E-state index contributed by atoms with van der Waals surface area (Å²) >= 11 is 0. The Hall–Kier alpha value is -3.68. The van der Waals surface area contributed by atoms with E-state index in [2.05, 4.69) is 10.6 Å². The maximum absolute atomic E-state index is 12.5. The molecule has 2 aromatic rings. The molecule has 3 amide bonds. The lowest BCUT2D eigenvalue weighted by Crippen LogP contribution is -2.46. The van der Waals surface area contributed by atoms with Gasteiger partial charge in [0.25, 0.3) is 11.8 Å². The summed E-state index contributed by atoms with van der Waals surface area (Å²) in [6, 6.07) is 14.9. The smallest absolute Gasteiger partial charge is 0.329 e. The highest BCUT2D eigenvalue weighted by atomic mass is 16.5. The molecule has 182 valence electrons. The number of benzene rings is 2. The molecule has 0 saturated heterocycles. The van der Waals surface area contributed by atoms with Crippen LogP contribution in [0.25, 0.3) is 0 Å². The number of esters is 1. The van der Waals surface area contributed by atoms with E-state index in [-0.39, 0.29) is 24.2 Å². The number of amides is 3. The summed E-state index contributed by atoms with van der Waals surface area (Å²) in [5.74, 6) is -1.79. The summed E-state index contributed by atoms with van der Waals surface area (Å²) in [5.41, 5.74) is 1.84.